The molecule has 1 fully saturated rings. The first-order valence-electron chi connectivity index (χ1n) is 6.69. The van der Waals surface area contributed by atoms with E-state index in [0.29, 0.717) is 12.8 Å². The Morgan fingerprint density at radius 3 is 2.47 bits per heavy atom. The summed E-state index contributed by atoms with van der Waals surface area (Å²) >= 11 is 1.84. The van der Waals surface area contributed by atoms with E-state index in [9.17, 15) is 9.90 Å². The molecule has 1 aromatic rings. The molecule has 0 spiro atoms. The van der Waals surface area contributed by atoms with Gasteiger partial charge in [-0.15, -0.1) is 0 Å². The van der Waals surface area contributed by atoms with Crippen LogP contribution < -0.4 is 0 Å². The first kappa shape index (κ1) is 14.4. The molecule has 4 heteroatoms. The lowest BCUT2D eigenvalue weighted by atomic mass is 9.73. The maximum atomic E-state index is 11.8. The Hall–Kier alpha value is -1.00. The van der Waals surface area contributed by atoms with E-state index in [1.807, 2.05) is 42.1 Å². The predicted octanol–water partition coefficient (Wildman–Crippen LogP) is 2.47. The zero-order valence-electron chi connectivity index (χ0n) is 11.3. The number of nitrogens with zero attached hydrogens (tertiary/aromatic N) is 1. The largest absolute Gasteiger partial charge is 0.481 e. The number of hydrogen-bond donors (Lipinski definition) is 1. The standard InChI is InChI=1S/C15H21NO2S/c1-19-12-11-16-9-7-15(8-10-16,14(17)18)13-5-3-2-4-6-13/h2-6H,7-12H2,1H3,(H,17,18). The van der Waals surface area contributed by atoms with Crippen LogP contribution in [0.25, 0.3) is 0 Å². The normalized spacial score (nSPS) is 19.2. The SMILES string of the molecule is CSCCN1CCC(C(=O)O)(c2ccccc2)CC1. The second-order valence-electron chi connectivity index (χ2n) is 5.09. The molecule has 0 atom stereocenters. The van der Waals surface area contributed by atoms with Crippen molar-refractivity contribution >= 4 is 17.7 Å². The fourth-order valence-corrected chi connectivity index (χ4v) is 3.20. The maximum absolute atomic E-state index is 11.8. The Balaban J connectivity index is 2.10. The number of rotatable bonds is 5. The zero-order valence-corrected chi connectivity index (χ0v) is 12.2. The van der Waals surface area contributed by atoms with Crippen molar-refractivity contribution in [1.82, 2.24) is 4.90 Å². The molecule has 0 aromatic heterocycles. The molecule has 1 saturated heterocycles. The van der Waals surface area contributed by atoms with Crippen molar-refractivity contribution in [2.45, 2.75) is 18.3 Å². The highest BCUT2D eigenvalue weighted by atomic mass is 32.2. The second-order valence-corrected chi connectivity index (χ2v) is 6.07. The molecular formula is C15H21NO2S. The van der Waals surface area contributed by atoms with Gasteiger partial charge in [-0.3, -0.25) is 4.79 Å². The van der Waals surface area contributed by atoms with E-state index in [0.717, 1.165) is 31.0 Å². The summed E-state index contributed by atoms with van der Waals surface area (Å²) in [4.78, 5) is 14.2. The molecule has 1 aliphatic rings. The van der Waals surface area contributed by atoms with E-state index < -0.39 is 11.4 Å². The number of carboxylic acid groups (broad SMARTS) is 1. The van der Waals surface area contributed by atoms with Gasteiger partial charge in [-0.05, 0) is 37.8 Å². The molecule has 0 saturated carbocycles. The Morgan fingerprint density at radius 1 is 1.32 bits per heavy atom. The molecule has 1 N–H and O–H groups in total. The van der Waals surface area contributed by atoms with Gasteiger partial charge in [-0.25, -0.2) is 0 Å². The Morgan fingerprint density at radius 2 is 1.95 bits per heavy atom. The first-order chi connectivity index (χ1) is 9.19. The van der Waals surface area contributed by atoms with Crippen LogP contribution in [0.5, 0.6) is 0 Å². The highest BCUT2D eigenvalue weighted by Gasteiger charge is 2.42. The molecule has 0 unspecified atom stereocenters. The van der Waals surface area contributed by atoms with Crippen LogP contribution in [0, 0.1) is 0 Å². The molecule has 2 rings (SSSR count). The topological polar surface area (TPSA) is 40.5 Å². The van der Waals surface area contributed by atoms with Gasteiger partial charge in [0.15, 0.2) is 0 Å². The van der Waals surface area contributed by atoms with Crippen molar-refractivity contribution in [2.24, 2.45) is 0 Å². The fraction of sp³-hybridized carbons (Fsp3) is 0.533. The molecule has 0 amide bonds. The molecular weight excluding hydrogens is 258 g/mol. The van der Waals surface area contributed by atoms with Crippen molar-refractivity contribution in [3.05, 3.63) is 35.9 Å². The lowest BCUT2D eigenvalue weighted by Gasteiger charge is -2.39. The third-order valence-corrected chi connectivity index (χ3v) is 4.65. The van der Waals surface area contributed by atoms with Crippen molar-refractivity contribution in [3.8, 4) is 0 Å². The molecule has 0 aliphatic carbocycles. The van der Waals surface area contributed by atoms with Crippen LogP contribution in [0.2, 0.25) is 0 Å². The average Bonchev–Trinajstić information content (AvgIpc) is 2.46. The van der Waals surface area contributed by atoms with Gasteiger partial charge >= 0.3 is 5.97 Å². The van der Waals surface area contributed by atoms with Crippen LogP contribution in [0.15, 0.2) is 30.3 Å². The van der Waals surface area contributed by atoms with E-state index in [4.69, 9.17) is 0 Å². The Bertz CT molecular complexity index is 413. The molecule has 19 heavy (non-hydrogen) atoms. The van der Waals surface area contributed by atoms with Gasteiger partial charge < -0.3 is 10.0 Å². The monoisotopic (exact) mass is 279 g/mol. The average molecular weight is 279 g/mol. The summed E-state index contributed by atoms with van der Waals surface area (Å²) in [6.07, 6.45) is 3.52. The first-order valence-corrected chi connectivity index (χ1v) is 8.08. The minimum atomic E-state index is -0.683. The highest BCUT2D eigenvalue weighted by Crippen LogP contribution is 2.35. The third kappa shape index (κ3) is 3.12. The van der Waals surface area contributed by atoms with Gasteiger partial charge in [0, 0.05) is 12.3 Å². The molecule has 1 aliphatic heterocycles. The third-order valence-electron chi connectivity index (χ3n) is 4.06. The van der Waals surface area contributed by atoms with Gasteiger partial charge in [-0.2, -0.15) is 11.8 Å². The van der Waals surface area contributed by atoms with Crippen LogP contribution in [0.4, 0.5) is 0 Å². The lowest BCUT2D eigenvalue weighted by molar-refractivity contribution is -0.146. The number of piperidine rings is 1. The highest BCUT2D eigenvalue weighted by molar-refractivity contribution is 7.98. The summed E-state index contributed by atoms with van der Waals surface area (Å²) in [5, 5.41) is 9.68. The van der Waals surface area contributed by atoms with Gasteiger partial charge in [-0.1, -0.05) is 30.3 Å². The number of hydrogen-bond acceptors (Lipinski definition) is 3. The lowest BCUT2D eigenvalue weighted by Crippen LogP contribution is -2.47. The van der Waals surface area contributed by atoms with E-state index >= 15 is 0 Å². The number of carbonyl (C=O) groups is 1. The van der Waals surface area contributed by atoms with Crippen LogP contribution in [0.3, 0.4) is 0 Å². The summed E-state index contributed by atoms with van der Waals surface area (Å²) in [7, 11) is 0. The number of likely N-dealkylation sites (tertiary alicyclic amines) is 1. The number of aliphatic carboxylic acids is 1. The predicted molar refractivity (Wildman–Crippen MR) is 79.8 cm³/mol. The van der Waals surface area contributed by atoms with Crippen LogP contribution in [-0.2, 0) is 10.2 Å². The van der Waals surface area contributed by atoms with E-state index in [2.05, 4.69) is 11.2 Å². The van der Waals surface area contributed by atoms with Gasteiger partial charge in [0.2, 0.25) is 0 Å². The molecule has 0 bridgehead atoms. The zero-order chi connectivity index (χ0) is 13.7. The number of thioether (sulfide) groups is 1. The molecule has 1 aromatic carbocycles. The molecule has 0 radical (unpaired) electrons. The number of benzene rings is 1. The second kappa shape index (κ2) is 6.44. The van der Waals surface area contributed by atoms with Crippen molar-refractivity contribution < 1.29 is 9.90 Å². The van der Waals surface area contributed by atoms with E-state index in [1.54, 1.807) is 0 Å². The Kier molecular flexibility index (Phi) is 4.88. The van der Waals surface area contributed by atoms with Crippen molar-refractivity contribution in [3.63, 3.8) is 0 Å². The molecule has 3 nitrogen and oxygen atoms in total. The van der Waals surface area contributed by atoms with E-state index in [-0.39, 0.29) is 0 Å². The van der Waals surface area contributed by atoms with E-state index in [1.165, 1.54) is 0 Å². The summed E-state index contributed by atoms with van der Waals surface area (Å²) in [5.74, 6) is 0.439. The van der Waals surface area contributed by atoms with Gasteiger partial charge in [0.25, 0.3) is 0 Å². The summed E-state index contributed by atoms with van der Waals surface area (Å²) < 4.78 is 0. The summed E-state index contributed by atoms with van der Waals surface area (Å²) in [6.45, 7) is 2.81. The molecule has 1 heterocycles. The Labute approximate surface area is 119 Å². The molecule has 104 valence electrons. The van der Waals surface area contributed by atoms with Gasteiger partial charge in [0.1, 0.15) is 0 Å². The summed E-state index contributed by atoms with van der Waals surface area (Å²) in [6, 6.07) is 9.70. The van der Waals surface area contributed by atoms with Crippen LogP contribution in [0.1, 0.15) is 18.4 Å². The fourth-order valence-electron chi connectivity index (χ4n) is 2.76. The smallest absolute Gasteiger partial charge is 0.314 e. The maximum Gasteiger partial charge on any atom is 0.314 e. The van der Waals surface area contributed by atoms with Crippen molar-refractivity contribution in [2.75, 3.05) is 31.6 Å². The minimum Gasteiger partial charge on any atom is -0.481 e. The van der Waals surface area contributed by atoms with Crippen LogP contribution in [-0.4, -0.2) is 47.6 Å². The van der Waals surface area contributed by atoms with Crippen molar-refractivity contribution in [1.29, 1.82) is 0 Å². The quantitative estimate of drug-likeness (QED) is 0.899. The summed E-state index contributed by atoms with van der Waals surface area (Å²) in [5.41, 5.74) is 0.268. The van der Waals surface area contributed by atoms with Gasteiger partial charge in [0.05, 0.1) is 5.41 Å². The number of carboxylic acids is 1. The van der Waals surface area contributed by atoms with Crippen LogP contribution >= 0.6 is 11.8 Å². The minimum absolute atomic E-state index is 0.678.